The molecule has 0 aliphatic rings. The van der Waals surface area contributed by atoms with Gasteiger partial charge in [0.05, 0.1) is 30.9 Å². The summed E-state index contributed by atoms with van der Waals surface area (Å²) in [5, 5.41) is 9.16. The van der Waals surface area contributed by atoms with Gasteiger partial charge in [-0.05, 0) is 37.1 Å². The van der Waals surface area contributed by atoms with E-state index in [0.29, 0.717) is 0 Å². The van der Waals surface area contributed by atoms with E-state index in [-0.39, 0.29) is 6.61 Å². The first-order valence-electron chi connectivity index (χ1n) is 5.70. The van der Waals surface area contributed by atoms with Crippen molar-refractivity contribution in [1.29, 1.82) is 0 Å². The van der Waals surface area contributed by atoms with Crippen molar-refractivity contribution < 1.29 is 5.11 Å². The Labute approximate surface area is 115 Å². The third-order valence-electron chi connectivity index (χ3n) is 2.94. The predicted octanol–water partition coefficient (Wildman–Crippen LogP) is 2.24. The lowest BCUT2D eigenvalue weighted by atomic mass is 10.1. The fourth-order valence-corrected chi connectivity index (χ4v) is 2.18. The molecule has 2 aromatic rings. The Bertz CT molecular complexity index is 542. The van der Waals surface area contributed by atoms with Crippen LogP contribution in [0.25, 0.3) is 5.69 Å². The molecule has 18 heavy (non-hydrogen) atoms. The van der Waals surface area contributed by atoms with Gasteiger partial charge in [-0.1, -0.05) is 15.9 Å². The fourth-order valence-electron chi connectivity index (χ4n) is 1.95. The molecule has 96 valence electrons. The van der Waals surface area contributed by atoms with Crippen LogP contribution in [0.3, 0.4) is 0 Å². The third kappa shape index (κ3) is 2.34. The highest BCUT2D eigenvalue weighted by Crippen LogP contribution is 2.25. The van der Waals surface area contributed by atoms with Crippen LogP contribution in [0.15, 0.2) is 29.1 Å². The van der Waals surface area contributed by atoms with Crippen LogP contribution in [-0.4, -0.2) is 21.3 Å². The van der Waals surface area contributed by atoms with E-state index in [1.807, 2.05) is 18.4 Å². The van der Waals surface area contributed by atoms with Crippen LogP contribution in [0.4, 0.5) is 0 Å². The van der Waals surface area contributed by atoms with E-state index < -0.39 is 6.04 Å². The molecule has 3 N–H and O–H groups in total. The lowest BCUT2D eigenvalue weighted by Crippen LogP contribution is -2.18. The molecule has 0 fully saturated rings. The number of rotatable bonds is 3. The highest BCUT2D eigenvalue weighted by molar-refractivity contribution is 9.10. The van der Waals surface area contributed by atoms with Crippen LogP contribution >= 0.6 is 15.9 Å². The summed E-state index contributed by atoms with van der Waals surface area (Å²) < 4.78 is 3.02. The Kier molecular flexibility index (Phi) is 3.85. The summed E-state index contributed by atoms with van der Waals surface area (Å²) in [6.45, 7) is 3.99. The first kappa shape index (κ1) is 13.3. The van der Waals surface area contributed by atoms with Gasteiger partial charge in [-0.3, -0.25) is 0 Å². The second-order valence-corrected chi connectivity index (χ2v) is 5.16. The van der Waals surface area contributed by atoms with Crippen molar-refractivity contribution in [2.75, 3.05) is 6.61 Å². The number of aromatic nitrogens is 2. The molecule has 1 unspecified atom stereocenters. The van der Waals surface area contributed by atoms with Gasteiger partial charge in [-0.25, -0.2) is 4.98 Å². The molecular weight excluding hydrogens is 294 g/mol. The van der Waals surface area contributed by atoms with E-state index in [1.54, 1.807) is 12.5 Å². The summed E-state index contributed by atoms with van der Waals surface area (Å²) in [5.41, 5.74) is 9.98. The Balaban J connectivity index is 2.53. The normalized spacial score (nSPS) is 12.7. The number of imidazole rings is 1. The van der Waals surface area contributed by atoms with Gasteiger partial charge in [-0.15, -0.1) is 0 Å². The number of aliphatic hydroxyl groups is 1. The maximum atomic E-state index is 9.16. The van der Waals surface area contributed by atoms with E-state index in [4.69, 9.17) is 10.8 Å². The molecule has 0 spiro atoms. The van der Waals surface area contributed by atoms with Gasteiger partial charge in [-0.2, -0.15) is 0 Å². The minimum absolute atomic E-state index is 0.0970. The molecule has 0 bridgehead atoms. The minimum atomic E-state index is -0.420. The largest absolute Gasteiger partial charge is 0.394 e. The second-order valence-electron chi connectivity index (χ2n) is 4.37. The molecule has 0 aliphatic carbocycles. The van der Waals surface area contributed by atoms with Crippen LogP contribution in [0.5, 0.6) is 0 Å². The van der Waals surface area contributed by atoms with E-state index in [0.717, 1.165) is 27.0 Å². The average Bonchev–Trinajstić information content (AvgIpc) is 2.83. The highest BCUT2D eigenvalue weighted by atomic mass is 79.9. The maximum Gasteiger partial charge on any atom is 0.0994 e. The molecule has 5 heteroatoms. The van der Waals surface area contributed by atoms with Crippen molar-refractivity contribution in [3.05, 3.63) is 46.0 Å². The first-order valence-corrected chi connectivity index (χ1v) is 6.49. The SMILES string of the molecule is Cc1cc(-n2cncc2C(N)CO)cc(C)c1Br. The zero-order valence-electron chi connectivity index (χ0n) is 10.4. The monoisotopic (exact) mass is 309 g/mol. The van der Waals surface area contributed by atoms with E-state index in [1.165, 1.54) is 0 Å². The molecule has 0 amide bonds. The Hall–Kier alpha value is -1.17. The zero-order chi connectivity index (χ0) is 13.3. The van der Waals surface area contributed by atoms with E-state index in [9.17, 15) is 0 Å². The quantitative estimate of drug-likeness (QED) is 0.914. The number of aliphatic hydroxyl groups excluding tert-OH is 1. The topological polar surface area (TPSA) is 64.1 Å². The summed E-state index contributed by atoms with van der Waals surface area (Å²) in [6.07, 6.45) is 3.40. The second kappa shape index (κ2) is 5.22. The summed E-state index contributed by atoms with van der Waals surface area (Å²) >= 11 is 3.55. The van der Waals surface area contributed by atoms with Crippen LogP contribution in [-0.2, 0) is 0 Å². The predicted molar refractivity (Wildman–Crippen MR) is 74.8 cm³/mol. The standard InChI is InChI=1S/C13H16BrN3O/c1-8-3-10(4-9(2)13(8)14)17-7-16-5-12(17)11(15)6-18/h3-5,7,11,18H,6,15H2,1-2H3. The van der Waals surface area contributed by atoms with Crippen LogP contribution in [0, 0.1) is 13.8 Å². The van der Waals surface area contributed by atoms with Crippen molar-refractivity contribution in [2.45, 2.75) is 19.9 Å². The molecular formula is C13H16BrN3O. The van der Waals surface area contributed by atoms with Gasteiger partial charge in [0.1, 0.15) is 0 Å². The molecule has 4 nitrogen and oxygen atoms in total. The van der Waals surface area contributed by atoms with Crippen LogP contribution in [0.1, 0.15) is 22.9 Å². The summed E-state index contributed by atoms with van der Waals surface area (Å²) in [4.78, 5) is 4.11. The number of hydrogen-bond donors (Lipinski definition) is 2. The summed E-state index contributed by atoms with van der Waals surface area (Å²) in [5.74, 6) is 0. The molecule has 1 aromatic carbocycles. The first-order chi connectivity index (χ1) is 8.54. The lowest BCUT2D eigenvalue weighted by Gasteiger charge is -2.14. The number of hydrogen-bond acceptors (Lipinski definition) is 3. The van der Waals surface area contributed by atoms with Crippen LogP contribution < -0.4 is 5.73 Å². The number of aryl methyl sites for hydroxylation is 2. The van der Waals surface area contributed by atoms with E-state index in [2.05, 4.69) is 33.0 Å². The van der Waals surface area contributed by atoms with Crippen molar-refractivity contribution in [3.63, 3.8) is 0 Å². The van der Waals surface area contributed by atoms with Crippen molar-refractivity contribution in [1.82, 2.24) is 9.55 Å². The molecule has 0 saturated carbocycles. The number of nitrogens with two attached hydrogens (primary N) is 1. The molecule has 1 heterocycles. The molecule has 0 aliphatic heterocycles. The summed E-state index contributed by atoms with van der Waals surface area (Å²) in [6, 6.07) is 3.70. The Morgan fingerprint density at radius 1 is 1.39 bits per heavy atom. The van der Waals surface area contributed by atoms with Gasteiger partial charge in [0.15, 0.2) is 0 Å². The molecule has 0 radical (unpaired) electrons. The van der Waals surface area contributed by atoms with Gasteiger partial charge >= 0.3 is 0 Å². The Morgan fingerprint density at radius 2 is 2.00 bits per heavy atom. The van der Waals surface area contributed by atoms with E-state index >= 15 is 0 Å². The fraction of sp³-hybridized carbons (Fsp3) is 0.308. The smallest absolute Gasteiger partial charge is 0.0994 e. The van der Waals surface area contributed by atoms with Crippen molar-refractivity contribution in [2.24, 2.45) is 5.73 Å². The molecule has 0 saturated heterocycles. The number of halogens is 1. The van der Waals surface area contributed by atoms with Crippen LogP contribution in [0.2, 0.25) is 0 Å². The maximum absolute atomic E-state index is 9.16. The highest BCUT2D eigenvalue weighted by Gasteiger charge is 2.13. The van der Waals surface area contributed by atoms with Crippen molar-refractivity contribution >= 4 is 15.9 Å². The minimum Gasteiger partial charge on any atom is -0.394 e. The third-order valence-corrected chi connectivity index (χ3v) is 4.19. The van der Waals surface area contributed by atoms with Gasteiger partial charge in [0.25, 0.3) is 0 Å². The zero-order valence-corrected chi connectivity index (χ0v) is 12.0. The molecule has 1 aromatic heterocycles. The van der Waals surface area contributed by atoms with Gasteiger partial charge < -0.3 is 15.4 Å². The Morgan fingerprint density at radius 3 is 2.56 bits per heavy atom. The number of benzene rings is 1. The van der Waals surface area contributed by atoms with Gasteiger partial charge in [0, 0.05) is 10.2 Å². The molecule has 2 rings (SSSR count). The average molecular weight is 310 g/mol. The van der Waals surface area contributed by atoms with Crippen molar-refractivity contribution in [3.8, 4) is 5.69 Å². The summed E-state index contributed by atoms with van der Waals surface area (Å²) in [7, 11) is 0. The number of nitrogens with zero attached hydrogens (tertiary/aromatic N) is 2. The molecule has 1 atom stereocenters. The van der Waals surface area contributed by atoms with Gasteiger partial charge in [0.2, 0.25) is 0 Å². The lowest BCUT2D eigenvalue weighted by molar-refractivity contribution is 0.265.